The Labute approximate surface area is 244 Å². The topological polar surface area (TPSA) is 144 Å². The third-order valence-electron chi connectivity index (χ3n) is 7.63. The van der Waals surface area contributed by atoms with Gasteiger partial charge in [-0.1, -0.05) is 38.4 Å². The minimum Gasteiger partial charge on any atom is -0.504 e. The number of ether oxygens (including phenoxy) is 2. The zero-order chi connectivity index (χ0) is 29.8. The number of nitrogens with one attached hydrogen (secondary N) is 1. The molecule has 6 N–H and O–H groups in total. The van der Waals surface area contributed by atoms with Gasteiger partial charge < -0.3 is 40.3 Å². The predicted molar refractivity (Wildman–Crippen MR) is 160 cm³/mol. The first kappa shape index (κ1) is 33.0. The Balaban J connectivity index is 1.53. The van der Waals surface area contributed by atoms with Crippen LogP contribution in [-0.4, -0.2) is 82.5 Å². The van der Waals surface area contributed by atoms with Crippen molar-refractivity contribution in [1.82, 2.24) is 5.32 Å². The highest BCUT2D eigenvalue weighted by molar-refractivity contribution is 5.84. The van der Waals surface area contributed by atoms with E-state index < -0.39 is 12.2 Å². The molecular formula is C32H48N2O7. The van der Waals surface area contributed by atoms with Gasteiger partial charge in [0.15, 0.2) is 29.9 Å². The van der Waals surface area contributed by atoms with Crippen molar-refractivity contribution in [3.05, 3.63) is 59.2 Å². The Morgan fingerprint density at radius 1 is 1.20 bits per heavy atom. The fraction of sp³-hybridized carbons (Fsp3) is 0.594. The number of aliphatic hydroxyl groups is 4. The van der Waals surface area contributed by atoms with Gasteiger partial charge in [-0.2, -0.15) is 11.6 Å². The molecule has 2 heterocycles. The highest BCUT2D eigenvalue weighted by atomic mass is 16.5. The van der Waals surface area contributed by atoms with Gasteiger partial charge in [0, 0.05) is 31.9 Å². The van der Waals surface area contributed by atoms with Gasteiger partial charge in [-0.05, 0) is 57.2 Å². The van der Waals surface area contributed by atoms with Crippen molar-refractivity contribution in [3.63, 3.8) is 0 Å². The SMILES string of the molecule is CCCCC1O[C-](CCc2ccc(O)c(OCC(O)[C+]3C=C(C(C)C(CCCO)NCC(C)O)C=N3)c2)C=C1CO. The summed E-state index contributed by atoms with van der Waals surface area (Å²) in [7, 11) is 0. The van der Waals surface area contributed by atoms with Crippen LogP contribution >= 0.6 is 0 Å². The van der Waals surface area contributed by atoms with E-state index in [1.807, 2.05) is 18.2 Å². The summed E-state index contributed by atoms with van der Waals surface area (Å²) in [5.41, 5.74) is 2.83. The normalized spacial score (nSPS) is 19.7. The second-order valence-corrected chi connectivity index (χ2v) is 11.1. The van der Waals surface area contributed by atoms with Crippen LogP contribution in [0.1, 0.15) is 64.9 Å². The molecule has 2 aliphatic heterocycles. The molecule has 0 bridgehead atoms. The Bertz CT molecular complexity index is 1030. The van der Waals surface area contributed by atoms with Crippen LogP contribution in [-0.2, 0) is 11.2 Å². The molecule has 0 saturated heterocycles. The molecule has 2 aliphatic rings. The highest BCUT2D eigenvalue weighted by Gasteiger charge is 2.34. The standard InChI is InChI=1S/C32H48N2O7/c1-4-5-8-31-25(19-36)15-26(41-31)11-9-23-10-12-29(38)32(14-23)40-20-30(39)28-16-24(18-34-28)22(3)27(7-6-13-35)33-17-21(2)37/h10,12,14-16,18,21-22,27,30-31,33,35-39H,4-9,11,13,17,19-20H2,1-3H3. The largest absolute Gasteiger partial charge is 0.504 e. The monoisotopic (exact) mass is 572 g/mol. The van der Waals surface area contributed by atoms with Gasteiger partial charge in [0.1, 0.15) is 12.2 Å². The van der Waals surface area contributed by atoms with Crippen LogP contribution in [0.15, 0.2) is 46.5 Å². The van der Waals surface area contributed by atoms with E-state index in [-0.39, 0.29) is 49.4 Å². The molecule has 0 radical (unpaired) electrons. The van der Waals surface area contributed by atoms with Crippen molar-refractivity contribution in [1.29, 1.82) is 0 Å². The maximum Gasteiger partial charge on any atom is 0.181 e. The Kier molecular flexibility index (Phi) is 13.5. The number of hydrogen-bond acceptors (Lipinski definition) is 9. The first-order chi connectivity index (χ1) is 19.7. The molecule has 0 saturated carbocycles. The number of phenolic OH excluding ortho intramolecular Hbond substituents is 1. The molecule has 0 aliphatic carbocycles. The Morgan fingerprint density at radius 3 is 2.71 bits per heavy atom. The van der Waals surface area contributed by atoms with Gasteiger partial charge in [0.2, 0.25) is 0 Å². The quantitative estimate of drug-likeness (QED) is 0.139. The number of aryl methyl sites for hydroxylation is 1. The fourth-order valence-electron chi connectivity index (χ4n) is 5.08. The van der Waals surface area contributed by atoms with Crippen LogP contribution in [0.3, 0.4) is 0 Å². The van der Waals surface area contributed by atoms with E-state index >= 15 is 0 Å². The van der Waals surface area contributed by atoms with E-state index in [9.17, 15) is 25.5 Å². The van der Waals surface area contributed by atoms with Gasteiger partial charge in [-0.3, -0.25) is 0 Å². The Hall–Kier alpha value is -2.53. The number of nitrogens with zero attached hydrogens (tertiary/aromatic N) is 1. The maximum absolute atomic E-state index is 10.8. The molecule has 0 spiro atoms. The van der Waals surface area contributed by atoms with Gasteiger partial charge in [0.05, 0.1) is 18.1 Å². The van der Waals surface area contributed by atoms with Crippen LogP contribution in [0.2, 0.25) is 0 Å². The molecule has 5 atom stereocenters. The minimum atomic E-state index is -0.982. The molecular weight excluding hydrogens is 524 g/mol. The van der Waals surface area contributed by atoms with E-state index in [0.717, 1.165) is 48.5 Å². The maximum atomic E-state index is 10.8. The van der Waals surface area contributed by atoms with E-state index in [4.69, 9.17) is 9.47 Å². The second-order valence-electron chi connectivity index (χ2n) is 11.1. The smallest absolute Gasteiger partial charge is 0.181 e. The molecule has 0 aromatic heterocycles. The Morgan fingerprint density at radius 2 is 2.00 bits per heavy atom. The van der Waals surface area contributed by atoms with Crippen LogP contribution < -0.4 is 10.1 Å². The molecule has 3 rings (SSSR count). The lowest BCUT2D eigenvalue weighted by Crippen LogP contribution is -2.40. The molecule has 1 aromatic rings. The van der Waals surface area contributed by atoms with Crippen molar-refractivity contribution in [2.24, 2.45) is 10.9 Å². The minimum absolute atomic E-state index is 0.000225. The van der Waals surface area contributed by atoms with Gasteiger partial charge in [-0.15, -0.1) is 4.99 Å². The number of unbranched alkanes of at least 4 members (excludes halogenated alkanes) is 1. The molecule has 0 amide bonds. The summed E-state index contributed by atoms with van der Waals surface area (Å²) in [6.07, 6.45) is 10.7. The summed E-state index contributed by atoms with van der Waals surface area (Å²) in [4.78, 5) is 4.40. The molecule has 1 aromatic carbocycles. The first-order valence-electron chi connectivity index (χ1n) is 14.9. The van der Waals surface area contributed by atoms with Crippen LogP contribution in [0.25, 0.3) is 0 Å². The van der Waals surface area contributed by atoms with Gasteiger partial charge >= 0.3 is 0 Å². The summed E-state index contributed by atoms with van der Waals surface area (Å²) >= 11 is 0. The van der Waals surface area contributed by atoms with Crippen LogP contribution in [0, 0.1) is 18.1 Å². The lowest BCUT2D eigenvalue weighted by atomic mass is 9.90. The lowest BCUT2D eigenvalue weighted by molar-refractivity contribution is 0.103. The average molecular weight is 573 g/mol. The van der Waals surface area contributed by atoms with Crippen molar-refractivity contribution >= 4 is 6.21 Å². The number of hydrogen-bond donors (Lipinski definition) is 6. The van der Waals surface area contributed by atoms with E-state index in [1.165, 1.54) is 0 Å². The number of aliphatic imine (C=N–C) groups is 1. The number of rotatable bonds is 19. The van der Waals surface area contributed by atoms with Crippen molar-refractivity contribution in [3.8, 4) is 11.5 Å². The zero-order valence-corrected chi connectivity index (χ0v) is 24.6. The summed E-state index contributed by atoms with van der Waals surface area (Å²) < 4.78 is 11.9. The third-order valence-corrected chi connectivity index (χ3v) is 7.63. The molecule has 41 heavy (non-hydrogen) atoms. The predicted octanol–water partition coefficient (Wildman–Crippen LogP) is 3.39. The van der Waals surface area contributed by atoms with Crippen molar-refractivity contribution < 1.29 is 35.0 Å². The van der Waals surface area contributed by atoms with E-state index in [2.05, 4.69) is 24.2 Å². The van der Waals surface area contributed by atoms with E-state index in [1.54, 1.807) is 25.3 Å². The van der Waals surface area contributed by atoms with Crippen molar-refractivity contribution in [2.45, 2.75) is 90.1 Å². The summed E-state index contributed by atoms with van der Waals surface area (Å²) in [6, 6.07) is 5.73. The number of benzene rings is 1. The first-order valence-corrected chi connectivity index (χ1v) is 14.9. The van der Waals surface area contributed by atoms with Crippen molar-refractivity contribution in [2.75, 3.05) is 26.4 Å². The molecule has 228 valence electrons. The molecule has 9 heteroatoms. The number of aromatic hydroxyl groups is 1. The highest BCUT2D eigenvalue weighted by Crippen LogP contribution is 2.33. The summed E-state index contributed by atoms with van der Waals surface area (Å²) in [5.74, 6) is 0.341. The third kappa shape index (κ3) is 10.1. The molecule has 0 fully saturated rings. The van der Waals surface area contributed by atoms with Crippen LogP contribution in [0.4, 0.5) is 0 Å². The summed E-state index contributed by atoms with van der Waals surface area (Å²) in [6.45, 7) is 6.40. The van der Waals surface area contributed by atoms with E-state index in [0.29, 0.717) is 31.8 Å². The average Bonchev–Trinajstić information content (AvgIpc) is 3.62. The second kappa shape index (κ2) is 16.8. The zero-order valence-electron chi connectivity index (χ0n) is 24.6. The number of phenols is 1. The fourth-order valence-corrected chi connectivity index (χ4v) is 5.08. The summed E-state index contributed by atoms with van der Waals surface area (Å²) in [5, 5.41) is 53.1. The molecule has 9 nitrogen and oxygen atoms in total. The van der Waals surface area contributed by atoms with Gasteiger partial charge in [-0.25, -0.2) is 0 Å². The molecule has 5 unspecified atom stereocenters. The number of aliphatic hydroxyl groups excluding tert-OH is 4. The lowest BCUT2D eigenvalue weighted by Gasteiger charge is -2.24. The van der Waals surface area contributed by atoms with Gasteiger partial charge in [0.25, 0.3) is 0 Å². The van der Waals surface area contributed by atoms with Crippen LogP contribution in [0.5, 0.6) is 11.5 Å².